The van der Waals surface area contributed by atoms with Crippen LogP contribution in [0.4, 0.5) is 0 Å². The van der Waals surface area contributed by atoms with E-state index in [0.717, 1.165) is 5.56 Å². The van der Waals surface area contributed by atoms with Crippen molar-refractivity contribution in [2.45, 2.75) is 20.5 Å². The number of aliphatic carboxylic acids is 1. The Hall–Kier alpha value is -3.08. The Kier molecular flexibility index (Phi) is 5.73. The van der Waals surface area contributed by atoms with Crippen LogP contribution in [-0.4, -0.2) is 17.0 Å². The number of ether oxygens (including phenoxy) is 1. The second-order valence-electron chi connectivity index (χ2n) is 5.33. The number of hydrogen-bond donors (Lipinski definition) is 2. The summed E-state index contributed by atoms with van der Waals surface area (Å²) in [6.07, 6.45) is 1.40. The maximum Gasteiger partial charge on any atom is 0.352 e. The van der Waals surface area contributed by atoms with Crippen molar-refractivity contribution < 1.29 is 19.4 Å². The second-order valence-corrected chi connectivity index (χ2v) is 5.33. The first-order chi connectivity index (χ1) is 11.5. The fourth-order valence-corrected chi connectivity index (χ4v) is 2.10. The van der Waals surface area contributed by atoms with Gasteiger partial charge in [0, 0.05) is 6.92 Å². The number of rotatable bonds is 6. The number of hydrogen-bond acceptors (Lipinski definition) is 3. The van der Waals surface area contributed by atoms with Crippen LogP contribution in [0.2, 0.25) is 0 Å². The Balaban J connectivity index is 2.06. The summed E-state index contributed by atoms with van der Waals surface area (Å²) >= 11 is 0. The van der Waals surface area contributed by atoms with E-state index in [1.54, 1.807) is 24.3 Å². The van der Waals surface area contributed by atoms with Crippen LogP contribution in [0.15, 0.2) is 54.2 Å². The molecule has 0 radical (unpaired) electrons. The van der Waals surface area contributed by atoms with Crippen molar-refractivity contribution in [1.82, 2.24) is 5.32 Å². The summed E-state index contributed by atoms with van der Waals surface area (Å²) in [7, 11) is 0. The van der Waals surface area contributed by atoms with Gasteiger partial charge in [0.05, 0.1) is 0 Å². The van der Waals surface area contributed by atoms with E-state index in [2.05, 4.69) is 5.32 Å². The van der Waals surface area contributed by atoms with Crippen LogP contribution in [-0.2, 0) is 16.2 Å². The van der Waals surface area contributed by atoms with Gasteiger partial charge in [-0.25, -0.2) is 4.79 Å². The number of carbonyl (C=O) groups is 2. The minimum absolute atomic E-state index is 0.170. The summed E-state index contributed by atoms with van der Waals surface area (Å²) in [5.74, 6) is -0.932. The van der Waals surface area contributed by atoms with E-state index in [1.165, 1.54) is 18.6 Å². The van der Waals surface area contributed by atoms with Crippen molar-refractivity contribution >= 4 is 18.0 Å². The number of carboxylic acids is 1. The third kappa shape index (κ3) is 4.98. The molecule has 24 heavy (non-hydrogen) atoms. The van der Waals surface area contributed by atoms with Crippen LogP contribution >= 0.6 is 0 Å². The minimum atomic E-state index is -1.19. The molecule has 5 heteroatoms. The van der Waals surface area contributed by atoms with Crippen molar-refractivity contribution in [3.63, 3.8) is 0 Å². The summed E-state index contributed by atoms with van der Waals surface area (Å²) in [5, 5.41) is 11.4. The SMILES string of the molecule is CC(=O)N/C(=C/c1ccc(OCc2ccccc2C)cc1)C(=O)O. The van der Waals surface area contributed by atoms with Crippen molar-refractivity contribution in [2.24, 2.45) is 0 Å². The molecule has 0 fully saturated rings. The van der Waals surface area contributed by atoms with Gasteiger partial charge >= 0.3 is 5.97 Å². The Bertz CT molecular complexity index is 763. The molecule has 0 atom stereocenters. The average Bonchev–Trinajstić information content (AvgIpc) is 2.54. The lowest BCUT2D eigenvalue weighted by Gasteiger charge is -2.09. The number of carboxylic acid groups (broad SMARTS) is 1. The molecule has 1 amide bonds. The quantitative estimate of drug-likeness (QED) is 0.800. The van der Waals surface area contributed by atoms with Gasteiger partial charge in [0.15, 0.2) is 0 Å². The van der Waals surface area contributed by atoms with Crippen molar-refractivity contribution in [2.75, 3.05) is 0 Å². The maximum atomic E-state index is 11.1. The smallest absolute Gasteiger partial charge is 0.352 e. The van der Waals surface area contributed by atoms with Crippen LogP contribution in [0.1, 0.15) is 23.6 Å². The Morgan fingerprint density at radius 3 is 2.38 bits per heavy atom. The highest BCUT2D eigenvalue weighted by Gasteiger charge is 2.08. The molecule has 0 saturated carbocycles. The standard InChI is InChI=1S/C19H19NO4/c1-13-5-3-4-6-16(13)12-24-17-9-7-15(8-10-17)11-18(19(22)23)20-14(2)21/h3-11H,12H2,1-2H3,(H,20,21)(H,22,23)/b18-11+. The van der Waals surface area contributed by atoms with E-state index in [4.69, 9.17) is 9.84 Å². The summed E-state index contributed by atoms with van der Waals surface area (Å²) in [6, 6.07) is 15.0. The first-order valence-corrected chi connectivity index (χ1v) is 7.45. The van der Waals surface area contributed by atoms with Crippen molar-refractivity contribution in [3.8, 4) is 5.75 Å². The van der Waals surface area contributed by atoms with Crippen LogP contribution in [0.25, 0.3) is 6.08 Å². The van der Waals surface area contributed by atoms with Crippen molar-refractivity contribution in [1.29, 1.82) is 0 Å². The van der Waals surface area contributed by atoms with E-state index in [0.29, 0.717) is 17.9 Å². The summed E-state index contributed by atoms with van der Waals surface area (Å²) in [6.45, 7) is 3.76. The van der Waals surface area contributed by atoms with Gasteiger partial charge in [-0.15, -0.1) is 0 Å². The zero-order valence-corrected chi connectivity index (χ0v) is 13.6. The van der Waals surface area contributed by atoms with Gasteiger partial charge < -0.3 is 15.2 Å². The molecule has 124 valence electrons. The number of benzene rings is 2. The number of amides is 1. The second kappa shape index (κ2) is 7.97. The number of aryl methyl sites for hydroxylation is 1. The molecule has 0 aliphatic heterocycles. The van der Waals surface area contributed by atoms with E-state index in [9.17, 15) is 9.59 Å². The minimum Gasteiger partial charge on any atom is -0.489 e. The predicted molar refractivity (Wildman–Crippen MR) is 91.4 cm³/mol. The zero-order valence-electron chi connectivity index (χ0n) is 13.6. The first-order valence-electron chi connectivity index (χ1n) is 7.45. The molecule has 0 spiro atoms. The molecular formula is C19H19NO4. The third-order valence-corrected chi connectivity index (χ3v) is 3.39. The van der Waals surface area contributed by atoms with E-state index < -0.39 is 11.9 Å². The molecule has 0 unspecified atom stereocenters. The molecule has 0 aliphatic carbocycles. The Labute approximate surface area is 140 Å². The normalized spacial score (nSPS) is 11.0. The van der Waals surface area contributed by atoms with Crippen LogP contribution in [0, 0.1) is 6.92 Å². The van der Waals surface area contributed by atoms with E-state index in [-0.39, 0.29) is 5.70 Å². The fourth-order valence-electron chi connectivity index (χ4n) is 2.10. The lowest BCUT2D eigenvalue weighted by molar-refractivity contribution is -0.134. The van der Waals surface area contributed by atoms with Gasteiger partial charge in [0.1, 0.15) is 18.1 Å². The summed E-state index contributed by atoms with van der Waals surface area (Å²) < 4.78 is 5.74. The largest absolute Gasteiger partial charge is 0.489 e. The molecule has 2 N–H and O–H groups in total. The van der Waals surface area contributed by atoms with Gasteiger partial charge in [-0.2, -0.15) is 0 Å². The van der Waals surface area contributed by atoms with Gasteiger partial charge in [-0.05, 0) is 41.8 Å². The molecule has 0 saturated heterocycles. The fraction of sp³-hybridized carbons (Fsp3) is 0.158. The van der Waals surface area contributed by atoms with E-state index in [1.807, 2.05) is 31.2 Å². The van der Waals surface area contributed by atoms with Crippen LogP contribution < -0.4 is 10.1 Å². The predicted octanol–water partition coefficient (Wildman–Crippen LogP) is 3.14. The highest BCUT2D eigenvalue weighted by molar-refractivity contribution is 5.96. The number of carbonyl (C=O) groups excluding carboxylic acids is 1. The lowest BCUT2D eigenvalue weighted by Crippen LogP contribution is -2.24. The van der Waals surface area contributed by atoms with E-state index >= 15 is 0 Å². The summed E-state index contributed by atoms with van der Waals surface area (Å²) in [4.78, 5) is 22.1. The zero-order chi connectivity index (χ0) is 17.5. The highest BCUT2D eigenvalue weighted by Crippen LogP contribution is 2.17. The molecule has 0 aromatic heterocycles. The Morgan fingerprint density at radius 2 is 1.79 bits per heavy atom. The topological polar surface area (TPSA) is 75.6 Å². The average molecular weight is 325 g/mol. The molecule has 0 bridgehead atoms. The van der Waals surface area contributed by atoms with Crippen molar-refractivity contribution in [3.05, 3.63) is 70.9 Å². The molecule has 2 aromatic carbocycles. The number of nitrogens with one attached hydrogen (secondary N) is 1. The molecule has 0 aliphatic rings. The van der Waals surface area contributed by atoms with Crippen LogP contribution in [0.3, 0.4) is 0 Å². The first kappa shape index (κ1) is 17.3. The molecule has 2 rings (SSSR count). The third-order valence-electron chi connectivity index (χ3n) is 3.39. The van der Waals surface area contributed by atoms with Gasteiger partial charge in [0.2, 0.25) is 5.91 Å². The maximum absolute atomic E-state index is 11.1. The molecule has 5 nitrogen and oxygen atoms in total. The molecular weight excluding hydrogens is 306 g/mol. The Morgan fingerprint density at radius 1 is 1.12 bits per heavy atom. The summed E-state index contributed by atoms with van der Waals surface area (Å²) in [5.41, 5.74) is 2.76. The van der Waals surface area contributed by atoms with Gasteiger partial charge in [-0.3, -0.25) is 4.79 Å². The lowest BCUT2D eigenvalue weighted by atomic mass is 10.1. The van der Waals surface area contributed by atoms with Crippen LogP contribution in [0.5, 0.6) is 5.75 Å². The monoisotopic (exact) mass is 325 g/mol. The van der Waals surface area contributed by atoms with Gasteiger partial charge in [0.25, 0.3) is 0 Å². The highest BCUT2D eigenvalue weighted by atomic mass is 16.5. The molecule has 0 heterocycles. The van der Waals surface area contributed by atoms with Gasteiger partial charge in [-0.1, -0.05) is 36.4 Å². The molecule has 2 aromatic rings.